The smallest absolute Gasteiger partial charge is 0.220 e. The molecule has 0 saturated carbocycles. The van der Waals surface area contributed by atoms with Gasteiger partial charge in [0.1, 0.15) is 11.5 Å². The molecule has 140 valence electrons. The second-order valence-corrected chi connectivity index (χ2v) is 6.64. The fourth-order valence-electron chi connectivity index (χ4n) is 3.34. The summed E-state index contributed by atoms with van der Waals surface area (Å²) in [5.41, 5.74) is 1.02. The molecule has 6 heteroatoms. The van der Waals surface area contributed by atoms with Crippen LogP contribution in [-0.4, -0.2) is 53.5 Å². The third kappa shape index (κ3) is 5.61. The molecule has 0 bridgehead atoms. The van der Waals surface area contributed by atoms with Gasteiger partial charge in [0.2, 0.25) is 5.91 Å². The Morgan fingerprint density at radius 1 is 1.20 bits per heavy atom. The monoisotopic (exact) mass is 350 g/mol. The zero-order valence-corrected chi connectivity index (χ0v) is 15.5. The molecule has 0 radical (unpaired) electrons. The van der Waals surface area contributed by atoms with Crippen LogP contribution < -0.4 is 20.1 Å². The summed E-state index contributed by atoms with van der Waals surface area (Å²) < 4.78 is 16.0. The molecule has 1 heterocycles. The van der Waals surface area contributed by atoms with Crippen molar-refractivity contribution in [1.29, 1.82) is 0 Å². The highest BCUT2D eigenvalue weighted by atomic mass is 16.5. The third-order valence-electron chi connectivity index (χ3n) is 4.88. The minimum atomic E-state index is 0.0450. The van der Waals surface area contributed by atoms with E-state index in [1.807, 2.05) is 18.2 Å². The van der Waals surface area contributed by atoms with Crippen molar-refractivity contribution in [2.24, 2.45) is 5.41 Å². The molecule has 1 aliphatic heterocycles. The first kappa shape index (κ1) is 19.5. The highest BCUT2D eigenvalue weighted by Crippen LogP contribution is 2.28. The molecule has 6 nitrogen and oxygen atoms in total. The molecule has 2 N–H and O–H groups in total. The summed E-state index contributed by atoms with van der Waals surface area (Å²) in [5, 5.41) is 6.46. The fraction of sp³-hybridized carbons (Fsp3) is 0.632. The Hall–Kier alpha value is -1.79. The van der Waals surface area contributed by atoms with E-state index in [0.717, 1.165) is 43.0 Å². The largest absolute Gasteiger partial charge is 0.497 e. The number of benzene rings is 1. The van der Waals surface area contributed by atoms with E-state index >= 15 is 0 Å². The highest BCUT2D eigenvalue weighted by Gasteiger charge is 2.32. The molecule has 0 spiro atoms. The molecule has 1 amide bonds. The van der Waals surface area contributed by atoms with Gasteiger partial charge in [-0.2, -0.15) is 0 Å². The maximum absolute atomic E-state index is 12.3. The first-order valence-electron chi connectivity index (χ1n) is 8.80. The lowest BCUT2D eigenvalue weighted by Gasteiger charge is -2.37. The minimum Gasteiger partial charge on any atom is -0.497 e. The molecular weight excluding hydrogens is 320 g/mol. The van der Waals surface area contributed by atoms with Crippen LogP contribution in [0.1, 0.15) is 24.8 Å². The summed E-state index contributed by atoms with van der Waals surface area (Å²) in [7, 11) is 4.99. The number of carbonyl (C=O) groups is 1. The lowest BCUT2D eigenvalue weighted by molar-refractivity contribution is -0.122. The molecule has 1 saturated heterocycles. The van der Waals surface area contributed by atoms with Gasteiger partial charge in [-0.3, -0.25) is 4.79 Å². The van der Waals surface area contributed by atoms with Gasteiger partial charge in [-0.15, -0.1) is 0 Å². The second kappa shape index (κ2) is 9.63. The van der Waals surface area contributed by atoms with Gasteiger partial charge in [-0.05, 0) is 56.1 Å². The molecule has 0 aliphatic carbocycles. The van der Waals surface area contributed by atoms with E-state index in [-0.39, 0.29) is 11.3 Å². The van der Waals surface area contributed by atoms with Crippen molar-refractivity contribution in [3.05, 3.63) is 23.8 Å². The predicted octanol–water partition coefficient (Wildman–Crippen LogP) is 1.77. The topological polar surface area (TPSA) is 68.8 Å². The number of carbonyl (C=O) groups excluding carboxylic acids is 1. The van der Waals surface area contributed by atoms with Gasteiger partial charge in [0, 0.05) is 25.5 Å². The highest BCUT2D eigenvalue weighted by molar-refractivity contribution is 5.76. The molecule has 0 atom stereocenters. The number of amides is 1. The zero-order valence-electron chi connectivity index (χ0n) is 15.5. The zero-order chi connectivity index (χ0) is 18.1. The number of rotatable bonds is 9. The summed E-state index contributed by atoms with van der Waals surface area (Å²) in [6.07, 6.45) is 3.07. The normalized spacial score (nSPS) is 16.3. The lowest BCUT2D eigenvalue weighted by atomic mass is 9.79. The van der Waals surface area contributed by atoms with Crippen molar-refractivity contribution in [2.45, 2.75) is 25.7 Å². The number of ether oxygens (including phenoxy) is 3. The van der Waals surface area contributed by atoms with Crippen molar-refractivity contribution < 1.29 is 19.0 Å². The van der Waals surface area contributed by atoms with Crippen LogP contribution in [0.15, 0.2) is 18.2 Å². The Bertz CT molecular complexity index is 551. The van der Waals surface area contributed by atoms with Crippen LogP contribution in [0.3, 0.4) is 0 Å². The molecule has 1 aromatic rings. The number of piperidine rings is 1. The summed E-state index contributed by atoms with van der Waals surface area (Å²) in [6, 6.07) is 5.65. The molecule has 2 rings (SSSR count). The summed E-state index contributed by atoms with van der Waals surface area (Å²) in [5.74, 6) is 1.60. The van der Waals surface area contributed by atoms with E-state index in [1.165, 1.54) is 0 Å². The van der Waals surface area contributed by atoms with Crippen LogP contribution >= 0.6 is 0 Å². The number of hydrogen-bond donors (Lipinski definition) is 2. The van der Waals surface area contributed by atoms with Crippen molar-refractivity contribution in [3.63, 3.8) is 0 Å². The SMILES string of the molecule is COCC1(CNC(=O)CCc2cc(OC)ccc2OC)CCNCC1. The van der Waals surface area contributed by atoms with E-state index < -0.39 is 0 Å². The number of hydrogen-bond acceptors (Lipinski definition) is 5. The Labute approximate surface area is 150 Å². The van der Waals surface area contributed by atoms with E-state index in [0.29, 0.717) is 26.0 Å². The van der Waals surface area contributed by atoms with Crippen LogP contribution in [0.5, 0.6) is 11.5 Å². The van der Waals surface area contributed by atoms with Crippen LogP contribution in [0.25, 0.3) is 0 Å². The predicted molar refractivity (Wildman–Crippen MR) is 97.3 cm³/mol. The van der Waals surface area contributed by atoms with Gasteiger partial charge in [0.25, 0.3) is 0 Å². The van der Waals surface area contributed by atoms with Gasteiger partial charge in [-0.1, -0.05) is 0 Å². The van der Waals surface area contributed by atoms with Crippen LogP contribution in [0.2, 0.25) is 0 Å². The summed E-state index contributed by atoms with van der Waals surface area (Å²) in [4.78, 5) is 12.3. The van der Waals surface area contributed by atoms with E-state index in [2.05, 4.69) is 10.6 Å². The minimum absolute atomic E-state index is 0.0450. The van der Waals surface area contributed by atoms with E-state index in [9.17, 15) is 4.79 Å². The molecule has 1 aliphatic rings. The fourth-order valence-corrected chi connectivity index (χ4v) is 3.34. The van der Waals surface area contributed by atoms with Crippen LogP contribution in [-0.2, 0) is 16.0 Å². The van der Waals surface area contributed by atoms with Crippen molar-refractivity contribution in [3.8, 4) is 11.5 Å². The first-order valence-corrected chi connectivity index (χ1v) is 8.80. The van der Waals surface area contributed by atoms with Gasteiger partial charge in [0.05, 0.1) is 20.8 Å². The van der Waals surface area contributed by atoms with Gasteiger partial charge < -0.3 is 24.8 Å². The van der Waals surface area contributed by atoms with E-state index in [4.69, 9.17) is 14.2 Å². The Morgan fingerprint density at radius 2 is 1.96 bits per heavy atom. The number of aryl methyl sites for hydroxylation is 1. The third-order valence-corrected chi connectivity index (χ3v) is 4.88. The molecular formula is C19H30N2O4. The van der Waals surface area contributed by atoms with Crippen molar-refractivity contribution in [2.75, 3.05) is 47.6 Å². The van der Waals surface area contributed by atoms with Crippen LogP contribution in [0, 0.1) is 5.41 Å². The lowest BCUT2D eigenvalue weighted by Crippen LogP contribution is -2.47. The maximum Gasteiger partial charge on any atom is 0.220 e. The number of nitrogens with one attached hydrogen (secondary N) is 2. The Balaban J connectivity index is 1.88. The summed E-state index contributed by atoms with van der Waals surface area (Å²) >= 11 is 0. The van der Waals surface area contributed by atoms with Crippen molar-refractivity contribution >= 4 is 5.91 Å². The molecule has 0 aromatic heterocycles. The molecule has 1 fully saturated rings. The van der Waals surface area contributed by atoms with Crippen LogP contribution in [0.4, 0.5) is 0 Å². The molecule has 25 heavy (non-hydrogen) atoms. The van der Waals surface area contributed by atoms with Gasteiger partial charge >= 0.3 is 0 Å². The van der Waals surface area contributed by atoms with Crippen molar-refractivity contribution in [1.82, 2.24) is 10.6 Å². The molecule has 0 unspecified atom stereocenters. The standard InChI is InChI=1S/C19H30N2O4/c1-23-14-19(8-10-20-11-9-19)13-21-18(22)7-4-15-12-16(24-2)5-6-17(15)25-3/h5-6,12,20H,4,7-11,13-14H2,1-3H3,(H,21,22). The molecule has 1 aromatic carbocycles. The van der Waals surface area contributed by atoms with Gasteiger partial charge in [0.15, 0.2) is 0 Å². The summed E-state index contributed by atoms with van der Waals surface area (Å²) in [6.45, 7) is 3.29. The van der Waals surface area contributed by atoms with E-state index in [1.54, 1.807) is 21.3 Å². The average Bonchev–Trinajstić information content (AvgIpc) is 2.65. The van der Waals surface area contributed by atoms with Gasteiger partial charge in [-0.25, -0.2) is 0 Å². The Morgan fingerprint density at radius 3 is 2.60 bits per heavy atom. The second-order valence-electron chi connectivity index (χ2n) is 6.64. The average molecular weight is 350 g/mol. The quantitative estimate of drug-likeness (QED) is 0.710. The first-order chi connectivity index (χ1) is 12.1. The maximum atomic E-state index is 12.3. The number of methoxy groups -OCH3 is 3. The Kier molecular flexibility index (Phi) is 7.52.